The Bertz CT molecular complexity index is 488. The van der Waals surface area contributed by atoms with Crippen LogP contribution in [0.4, 0.5) is 5.69 Å². The van der Waals surface area contributed by atoms with Gasteiger partial charge in [-0.1, -0.05) is 13.8 Å². The number of aromatic nitrogens is 1. The van der Waals surface area contributed by atoms with Crippen molar-refractivity contribution in [1.29, 1.82) is 5.26 Å². The van der Waals surface area contributed by atoms with E-state index in [-0.39, 0.29) is 5.54 Å². The lowest BCUT2D eigenvalue weighted by molar-refractivity contribution is 0.407. The lowest BCUT2D eigenvalue weighted by atomic mass is 9.90. The smallest absolute Gasteiger partial charge is 0.103 e. The molecule has 0 aliphatic heterocycles. The van der Waals surface area contributed by atoms with E-state index in [4.69, 9.17) is 5.73 Å². The number of aryl methyl sites for hydroxylation is 2. The Morgan fingerprint density at radius 1 is 1.47 bits per heavy atom. The van der Waals surface area contributed by atoms with Gasteiger partial charge in [-0.25, -0.2) is 0 Å². The largest absolute Gasteiger partial charge is 0.377 e. The van der Waals surface area contributed by atoms with Gasteiger partial charge in [-0.05, 0) is 39.2 Å². The van der Waals surface area contributed by atoms with E-state index in [2.05, 4.69) is 37.1 Å². The highest BCUT2D eigenvalue weighted by Crippen LogP contribution is 2.26. The minimum Gasteiger partial charge on any atom is -0.377 e. The van der Waals surface area contributed by atoms with Gasteiger partial charge in [-0.15, -0.1) is 0 Å². The number of nitrogens with two attached hydrogens (primary N) is 1. The van der Waals surface area contributed by atoms with E-state index in [1.54, 1.807) is 0 Å². The summed E-state index contributed by atoms with van der Waals surface area (Å²) in [5, 5.41) is 12.7. The molecule has 0 aromatic carbocycles. The summed E-state index contributed by atoms with van der Waals surface area (Å²) in [6.07, 6.45) is 0.953. The predicted octanol–water partition coefficient (Wildman–Crippen LogP) is 2.75. The normalized spacial score (nSPS) is 14.0. The van der Waals surface area contributed by atoms with Gasteiger partial charge in [0.15, 0.2) is 0 Å². The predicted molar refractivity (Wildman–Crippen MR) is 79.0 cm³/mol. The maximum Gasteiger partial charge on any atom is 0.103 e. The Morgan fingerprint density at radius 2 is 2.11 bits per heavy atom. The first-order valence-electron chi connectivity index (χ1n) is 6.68. The SMILES string of the molecule is Cc1cc(NC(C)(CN)CC(C)C)c(C#N)c(C)n1. The van der Waals surface area contributed by atoms with E-state index < -0.39 is 0 Å². The molecule has 1 rings (SSSR count). The molecule has 19 heavy (non-hydrogen) atoms. The van der Waals surface area contributed by atoms with Crippen LogP contribution in [0.1, 0.15) is 44.1 Å². The Labute approximate surface area is 116 Å². The molecule has 0 aliphatic rings. The van der Waals surface area contributed by atoms with Crippen LogP contribution in [-0.2, 0) is 0 Å². The van der Waals surface area contributed by atoms with E-state index in [0.29, 0.717) is 18.0 Å². The molecule has 4 nitrogen and oxygen atoms in total. The fraction of sp³-hybridized carbons (Fsp3) is 0.600. The minimum atomic E-state index is -0.208. The second-order valence-electron chi connectivity index (χ2n) is 5.87. The van der Waals surface area contributed by atoms with Gasteiger partial charge in [0.2, 0.25) is 0 Å². The minimum absolute atomic E-state index is 0.208. The molecule has 1 heterocycles. The van der Waals surface area contributed by atoms with Crippen LogP contribution < -0.4 is 11.1 Å². The molecule has 0 spiro atoms. The molecule has 1 unspecified atom stereocenters. The molecule has 0 saturated carbocycles. The van der Waals surface area contributed by atoms with E-state index in [1.165, 1.54) is 0 Å². The summed E-state index contributed by atoms with van der Waals surface area (Å²) in [5.74, 6) is 0.538. The van der Waals surface area contributed by atoms with Crippen LogP contribution >= 0.6 is 0 Å². The molecule has 3 N–H and O–H groups in total. The third-order valence-electron chi connectivity index (χ3n) is 3.19. The van der Waals surface area contributed by atoms with Crippen molar-refractivity contribution in [2.45, 2.75) is 46.6 Å². The molecule has 0 radical (unpaired) electrons. The first-order chi connectivity index (χ1) is 8.81. The lowest BCUT2D eigenvalue weighted by Crippen LogP contribution is -2.44. The molecule has 4 heteroatoms. The molecular formula is C15H24N4. The van der Waals surface area contributed by atoms with Crippen LogP contribution in [0.3, 0.4) is 0 Å². The summed E-state index contributed by atoms with van der Waals surface area (Å²) in [6.45, 7) is 10.8. The van der Waals surface area contributed by atoms with Crippen molar-refractivity contribution >= 4 is 5.69 Å². The summed E-state index contributed by atoms with van der Waals surface area (Å²) in [5.41, 5.74) is 8.81. The standard InChI is InChI=1S/C15H24N4/c1-10(2)7-15(5,9-17)19-14-6-11(3)18-12(4)13(14)8-16/h6,10H,7,9,17H2,1-5H3,(H,18,19). The summed E-state index contributed by atoms with van der Waals surface area (Å²) in [4.78, 5) is 4.33. The molecule has 1 atom stereocenters. The molecular weight excluding hydrogens is 236 g/mol. The van der Waals surface area contributed by atoms with Crippen molar-refractivity contribution in [3.63, 3.8) is 0 Å². The third kappa shape index (κ3) is 3.93. The Balaban J connectivity index is 3.14. The summed E-state index contributed by atoms with van der Waals surface area (Å²) in [7, 11) is 0. The summed E-state index contributed by atoms with van der Waals surface area (Å²) in [6, 6.07) is 4.14. The summed E-state index contributed by atoms with van der Waals surface area (Å²) < 4.78 is 0. The van der Waals surface area contributed by atoms with Crippen molar-refractivity contribution in [1.82, 2.24) is 4.98 Å². The van der Waals surface area contributed by atoms with Crippen molar-refractivity contribution in [3.8, 4) is 6.07 Å². The van der Waals surface area contributed by atoms with E-state index in [1.807, 2.05) is 19.9 Å². The van der Waals surface area contributed by atoms with Crippen molar-refractivity contribution in [3.05, 3.63) is 23.0 Å². The van der Waals surface area contributed by atoms with Gasteiger partial charge >= 0.3 is 0 Å². The zero-order valence-electron chi connectivity index (χ0n) is 12.5. The van der Waals surface area contributed by atoms with Crippen LogP contribution in [0.25, 0.3) is 0 Å². The van der Waals surface area contributed by atoms with Crippen molar-refractivity contribution in [2.75, 3.05) is 11.9 Å². The molecule has 0 aliphatic carbocycles. The quantitative estimate of drug-likeness (QED) is 0.853. The number of pyridine rings is 1. The van der Waals surface area contributed by atoms with E-state index in [0.717, 1.165) is 23.5 Å². The Kier molecular flexibility index (Phi) is 4.90. The van der Waals surface area contributed by atoms with Gasteiger partial charge < -0.3 is 11.1 Å². The molecule has 0 amide bonds. The molecule has 104 valence electrons. The maximum atomic E-state index is 9.28. The zero-order valence-corrected chi connectivity index (χ0v) is 12.5. The number of nitrogens with one attached hydrogen (secondary N) is 1. The van der Waals surface area contributed by atoms with Gasteiger partial charge in [-0.2, -0.15) is 5.26 Å². The van der Waals surface area contributed by atoms with Crippen LogP contribution in [-0.4, -0.2) is 17.1 Å². The Hall–Kier alpha value is -1.60. The average Bonchev–Trinajstić information content (AvgIpc) is 2.27. The number of nitriles is 1. The zero-order chi connectivity index (χ0) is 14.6. The first-order valence-corrected chi connectivity index (χ1v) is 6.68. The van der Waals surface area contributed by atoms with Gasteiger partial charge in [0.05, 0.1) is 16.9 Å². The Morgan fingerprint density at radius 3 is 2.58 bits per heavy atom. The van der Waals surface area contributed by atoms with Gasteiger partial charge in [0.1, 0.15) is 6.07 Å². The molecule has 0 fully saturated rings. The van der Waals surface area contributed by atoms with Gasteiger partial charge in [0, 0.05) is 17.8 Å². The van der Waals surface area contributed by atoms with Crippen LogP contribution in [0.2, 0.25) is 0 Å². The van der Waals surface area contributed by atoms with Gasteiger partial charge in [-0.3, -0.25) is 4.98 Å². The number of hydrogen-bond donors (Lipinski definition) is 2. The monoisotopic (exact) mass is 260 g/mol. The van der Waals surface area contributed by atoms with Crippen molar-refractivity contribution in [2.24, 2.45) is 11.7 Å². The first kappa shape index (κ1) is 15.5. The van der Waals surface area contributed by atoms with Crippen LogP contribution in [0.5, 0.6) is 0 Å². The van der Waals surface area contributed by atoms with Crippen molar-refractivity contribution < 1.29 is 0 Å². The molecule has 0 saturated heterocycles. The molecule has 0 bridgehead atoms. The molecule has 1 aromatic heterocycles. The van der Waals surface area contributed by atoms with Gasteiger partial charge in [0.25, 0.3) is 0 Å². The fourth-order valence-corrected chi connectivity index (χ4v) is 2.48. The topological polar surface area (TPSA) is 74.7 Å². The number of nitrogens with zero attached hydrogens (tertiary/aromatic N) is 2. The highest BCUT2D eigenvalue weighted by atomic mass is 15.0. The highest BCUT2D eigenvalue weighted by molar-refractivity contribution is 5.61. The molecule has 1 aromatic rings. The maximum absolute atomic E-state index is 9.28. The van der Waals surface area contributed by atoms with E-state index in [9.17, 15) is 5.26 Å². The fourth-order valence-electron chi connectivity index (χ4n) is 2.48. The number of anilines is 1. The average molecular weight is 260 g/mol. The number of rotatable bonds is 5. The highest BCUT2D eigenvalue weighted by Gasteiger charge is 2.25. The second-order valence-corrected chi connectivity index (χ2v) is 5.87. The number of hydrogen-bond acceptors (Lipinski definition) is 4. The second kappa shape index (κ2) is 6.03. The van der Waals surface area contributed by atoms with E-state index >= 15 is 0 Å². The third-order valence-corrected chi connectivity index (χ3v) is 3.19. The van der Waals surface area contributed by atoms with Crippen LogP contribution in [0, 0.1) is 31.1 Å². The lowest BCUT2D eigenvalue weighted by Gasteiger charge is -2.33. The van der Waals surface area contributed by atoms with Crippen LogP contribution in [0.15, 0.2) is 6.07 Å². The summed E-state index contributed by atoms with van der Waals surface area (Å²) >= 11 is 0.